The Morgan fingerprint density at radius 3 is 0.886 bits per heavy atom. The summed E-state index contributed by atoms with van der Waals surface area (Å²) < 4.78 is 283. The van der Waals surface area contributed by atoms with Crippen molar-refractivity contribution >= 4 is 5.97 Å². The van der Waals surface area contributed by atoms with Gasteiger partial charge in [-0.3, -0.25) is 0 Å². The summed E-state index contributed by atoms with van der Waals surface area (Å²) in [5.74, 6) is -65.2. The van der Waals surface area contributed by atoms with Crippen LogP contribution in [-0.4, -0.2) is 70.8 Å². The summed E-state index contributed by atoms with van der Waals surface area (Å²) in [6.07, 6.45) is -6.96. The Balaban J connectivity index is 2.70. The van der Waals surface area contributed by atoms with Gasteiger partial charge in [-0.05, 0) is 0 Å². The van der Waals surface area contributed by atoms with E-state index in [0.717, 1.165) is 0 Å². The number of hydrogen-bond acceptors (Lipinski definition) is 2. The predicted molar refractivity (Wildman–Crippen MR) is 60.7 cm³/mol. The number of esters is 1. The number of rotatable bonds is 2. The molecule has 0 aromatic rings. The van der Waals surface area contributed by atoms with Gasteiger partial charge in [0.15, 0.2) is 0 Å². The van der Waals surface area contributed by atoms with Crippen molar-refractivity contribution in [3.05, 3.63) is 0 Å². The topological polar surface area (TPSA) is 26.3 Å². The lowest BCUT2D eigenvalue weighted by Crippen LogP contribution is -3.09. The van der Waals surface area contributed by atoms with Crippen LogP contribution in [0.15, 0.2) is 0 Å². The van der Waals surface area contributed by atoms with Gasteiger partial charge < -0.3 is 4.74 Å². The molecule has 0 aromatic carbocycles. The van der Waals surface area contributed by atoms with E-state index in [4.69, 9.17) is 0 Å². The normalized spacial score (nSPS) is 43.7. The van der Waals surface area contributed by atoms with Crippen molar-refractivity contribution in [1.82, 2.24) is 0 Å². The maximum absolute atomic E-state index is 14.7. The van der Waals surface area contributed by atoms with Gasteiger partial charge in [0.25, 0.3) is 0 Å². The van der Waals surface area contributed by atoms with E-state index in [1.54, 1.807) is 4.74 Å². The van der Waals surface area contributed by atoms with E-state index in [0.29, 0.717) is 0 Å². The average Bonchev–Trinajstić information content (AvgIpc) is 2.59. The third-order valence-electron chi connectivity index (χ3n) is 6.24. The van der Waals surface area contributed by atoms with Crippen molar-refractivity contribution in [3.8, 4) is 0 Å². The van der Waals surface area contributed by atoms with Crippen LogP contribution < -0.4 is 0 Å². The first-order valence-electron chi connectivity index (χ1n) is 7.89. The molecule has 204 valence electrons. The second kappa shape index (κ2) is 5.64. The van der Waals surface area contributed by atoms with Gasteiger partial charge in [0.2, 0.25) is 5.41 Å². The molecular formula is C13F20O2. The highest BCUT2D eigenvalue weighted by Gasteiger charge is 3.25. The van der Waals surface area contributed by atoms with Gasteiger partial charge in [0, 0.05) is 0 Å². The molecular weight excluding hydrogens is 568 g/mol. The van der Waals surface area contributed by atoms with Crippen LogP contribution in [0.1, 0.15) is 0 Å². The van der Waals surface area contributed by atoms with Crippen LogP contribution in [0, 0.1) is 5.41 Å². The third kappa shape index (κ3) is 1.82. The lowest BCUT2D eigenvalue weighted by atomic mass is 9.35. The molecule has 0 radical (unpaired) electrons. The van der Waals surface area contributed by atoms with Gasteiger partial charge in [-0.25, -0.2) is 44.3 Å². The molecule has 35 heavy (non-hydrogen) atoms. The molecule has 2 nitrogen and oxygen atoms in total. The Kier molecular flexibility index (Phi) is 4.46. The molecule has 0 aliphatic heterocycles. The number of alkyl halides is 20. The summed E-state index contributed by atoms with van der Waals surface area (Å²) in [5.41, 5.74) is -34.2. The molecule has 0 saturated heterocycles. The van der Waals surface area contributed by atoms with Crippen molar-refractivity contribution < 1.29 is 97.3 Å². The van der Waals surface area contributed by atoms with Crippen LogP contribution in [0.3, 0.4) is 0 Å². The van der Waals surface area contributed by atoms with Gasteiger partial charge in [0.05, 0.1) is 0 Å². The van der Waals surface area contributed by atoms with E-state index in [2.05, 4.69) is 0 Å². The summed E-state index contributed by atoms with van der Waals surface area (Å²) in [6, 6.07) is 0. The number of halogens is 20. The van der Waals surface area contributed by atoms with Gasteiger partial charge in [-0.15, -0.1) is 13.2 Å². The maximum atomic E-state index is 14.7. The first-order valence-corrected chi connectivity index (χ1v) is 7.89. The van der Waals surface area contributed by atoms with Gasteiger partial charge in [-0.2, -0.15) is 35.1 Å². The Hall–Kier alpha value is -1.93. The fraction of sp³-hybridized carbons (Fsp3) is 0.923. The molecule has 0 heterocycles. The van der Waals surface area contributed by atoms with E-state index in [1.165, 1.54) is 0 Å². The Labute approximate surface area is 175 Å². The van der Waals surface area contributed by atoms with Gasteiger partial charge in [0.1, 0.15) is 0 Å². The highest BCUT2D eigenvalue weighted by Crippen LogP contribution is 2.92. The first kappa shape index (κ1) is 27.7. The number of hydrogen-bond donors (Lipinski definition) is 0. The molecule has 22 heteroatoms. The quantitative estimate of drug-likeness (QED) is 0.318. The minimum atomic E-state index is -8.77. The molecule has 4 saturated carbocycles. The molecule has 4 bridgehead atoms. The standard InChI is InChI=1S/C13F20O2/c14-2(15,1(34)35-13(31,32)33)3-7(19,20)4(16)10(25,26)5(17,8(3,21)22)12(29,30)6(18,9(3,23)24)11(4,27)28. The number of carbonyl (C=O) groups is 1. The SMILES string of the molecule is O=C(OC(F)(F)F)C(F)(F)C12C(F)(F)C3(F)C(F)(F)C(F)(C(F)(F)C(F)(C3(F)F)C1(F)F)C2(F)F. The molecule has 0 spiro atoms. The van der Waals surface area contributed by atoms with Gasteiger partial charge in [-0.1, -0.05) is 0 Å². The minimum Gasteiger partial charge on any atom is -0.368 e. The van der Waals surface area contributed by atoms with Crippen LogP contribution in [0.4, 0.5) is 87.8 Å². The number of carbonyl (C=O) groups excluding carboxylic acids is 1. The van der Waals surface area contributed by atoms with Crippen LogP contribution in [0.2, 0.25) is 0 Å². The van der Waals surface area contributed by atoms with Crippen molar-refractivity contribution in [2.75, 3.05) is 0 Å². The van der Waals surface area contributed by atoms with Crippen LogP contribution in [0.5, 0.6) is 0 Å². The van der Waals surface area contributed by atoms with E-state index < -0.39 is 76.2 Å². The average molecular weight is 568 g/mol. The van der Waals surface area contributed by atoms with E-state index in [1.807, 2.05) is 0 Å². The third-order valence-corrected chi connectivity index (χ3v) is 6.24. The molecule has 0 atom stereocenters. The van der Waals surface area contributed by atoms with Crippen molar-refractivity contribution in [3.63, 3.8) is 0 Å². The van der Waals surface area contributed by atoms with Crippen LogP contribution >= 0.6 is 0 Å². The molecule has 4 aliphatic carbocycles. The smallest absolute Gasteiger partial charge is 0.368 e. The minimum absolute atomic E-state index is 1.61. The first-order chi connectivity index (χ1) is 14.9. The van der Waals surface area contributed by atoms with E-state index in [-0.39, 0.29) is 0 Å². The molecule has 0 N–H and O–H groups in total. The fourth-order valence-electron chi connectivity index (χ4n) is 4.77. The van der Waals surface area contributed by atoms with Crippen LogP contribution in [-0.2, 0) is 9.53 Å². The molecule has 0 amide bonds. The zero-order chi connectivity index (χ0) is 28.3. The van der Waals surface area contributed by atoms with Crippen molar-refractivity contribution in [1.29, 1.82) is 0 Å². The molecule has 4 rings (SSSR count). The second-order valence-electron chi connectivity index (χ2n) is 7.58. The lowest BCUT2D eigenvalue weighted by Gasteiger charge is -2.75. The molecule has 0 unspecified atom stereocenters. The predicted octanol–water partition coefficient (Wildman–Crippen LogP) is 5.65. The molecule has 0 aromatic heterocycles. The largest absolute Gasteiger partial charge is 0.575 e. The van der Waals surface area contributed by atoms with E-state index >= 15 is 0 Å². The zero-order valence-corrected chi connectivity index (χ0v) is 14.9. The molecule has 4 aliphatic rings. The summed E-state index contributed by atoms with van der Waals surface area (Å²) in [6.45, 7) is 0. The summed E-state index contributed by atoms with van der Waals surface area (Å²) in [7, 11) is 0. The summed E-state index contributed by atoms with van der Waals surface area (Å²) in [5, 5.41) is 0. The van der Waals surface area contributed by atoms with E-state index in [9.17, 15) is 92.6 Å². The monoisotopic (exact) mass is 568 g/mol. The number of ether oxygens (including phenoxy) is 1. The summed E-state index contributed by atoms with van der Waals surface area (Å²) in [4.78, 5) is 11.0. The van der Waals surface area contributed by atoms with Crippen molar-refractivity contribution in [2.45, 2.75) is 64.8 Å². The van der Waals surface area contributed by atoms with Crippen LogP contribution in [0.25, 0.3) is 0 Å². The molecule has 4 fully saturated rings. The maximum Gasteiger partial charge on any atom is 0.575 e. The fourth-order valence-corrected chi connectivity index (χ4v) is 4.77. The Bertz CT molecular complexity index is 878. The Morgan fingerprint density at radius 1 is 0.457 bits per heavy atom. The Morgan fingerprint density at radius 2 is 0.686 bits per heavy atom. The highest BCUT2D eigenvalue weighted by atomic mass is 19.4. The summed E-state index contributed by atoms with van der Waals surface area (Å²) >= 11 is 0. The second-order valence-corrected chi connectivity index (χ2v) is 7.58. The zero-order valence-electron chi connectivity index (χ0n) is 14.9. The van der Waals surface area contributed by atoms with Gasteiger partial charge >= 0.3 is 70.8 Å². The highest BCUT2D eigenvalue weighted by molar-refractivity contribution is 5.81. The van der Waals surface area contributed by atoms with Crippen molar-refractivity contribution in [2.24, 2.45) is 5.41 Å². The lowest BCUT2D eigenvalue weighted by molar-refractivity contribution is -0.626.